The molecule has 0 unspecified atom stereocenters. The van der Waals surface area contributed by atoms with Gasteiger partial charge in [-0.05, 0) is 24.6 Å². The van der Waals surface area contributed by atoms with E-state index < -0.39 is 15.9 Å². The molecule has 0 heterocycles. The van der Waals surface area contributed by atoms with Crippen LogP contribution in [0.15, 0.2) is 29.2 Å². The molecule has 0 aliphatic rings. The van der Waals surface area contributed by atoms with Gasteiger partial charge in [-0.25, -0.2) is 13.1 Å². The van der Waals surface area contributed by atoms with E-state index in [1.807, 2.05) is 6.92 Å². The van der Waals surface area contributed by atoms with Gasteiger partial charge in [-0.1, -0.05) is 13.0 Å². The van der Waals surface area contributed by atoms with Crippen LogP contribution in [-0.2, 0) is 19.6 Å². The Morgan fingerprint density at radius 1 is 1.22 bits per heavy atom. The predicted molar refractivity (Wildman–Crippen MR) is 87.2 cm³/mol. The van der Waals surface area contributed by atoms with Gasteiger partial charge >= 0.3 is 0 Å². The zero-order valence-electron chi connectivity index (χ0n) is 13.0. The topological polar surface area (TPSA) is 130 Å². The molecule has 5 N–H and O–H groups in total. The van der Waals surface area contributed by atoms with E-state index >= 15 is 0 Å². The average molecular weight is 342 g/mol. The van der Waals surface area contributed by atoms with Crippen LogP contribution in [0.25, 0.3) is 0 Å². The molecule has 0 aliphatic heterocycles. The number of benzene rings is 1. The van der Waals surface area contributed by atoms with Crippen molar-refractivity contribution in [2.75, 3.05) is 25.0 Å². The minimum atomic E-state index is -3.66. The molecule has 128 valence electrons. The second-order valence-corrected chi connectivity index (χ2v) is 6.56. The number of nitrogens with two attached hydrogens (primary N) is 1. The van der Waals surface area contributed by atoms with E-state index in [0.29, 0.717) is 18.5 Å². The zero-order chi connectivity index (χ0) is 17.3. The van der Waals surface area contributed by atoms with Gasteiger partial charge in [-0.2, -0.15) is 0 Å². The second-order valence-electron chi connectivity index (χ2n) is 4.79. The molecule has 0 bridgehead atoms. The summed E-state index contributed by atoms with van der Waals surface area (Å²) in [6.07, 6.45) is 1.05. The van der Waals surface area contributed by atoms with Gasteiger partial charge in [0.15, 0.2) is 0 Å². The monoisotopic (exact) mass is 342 g/mol. The minimum absolute atomic E-state index is 0.0266. The van der Waals surface area contributed by atoms with Crippen LogP contribution >= 0.6 is 0 Å². The number of hydrogen-bond donors (Lipinski definition) is 4. The molecule has 1 aromatic carbocycles. The second kappa shape index (κ2) is 9.23. The van der Waals surface area contributed by atoms with Crippen LogP contribution in [0, 0.1) is 0 Å². The van der Waals surface area contributed by atoms with E-state index in [0.717, 1.165) is 0 Å². The van der Waals surface area contributed by atoms with Crippen LogP contribution in [0.5, 0.6) is 0 Å². The Hall–Kier alpha value is -1.97. The normalized spacial score (nSPS) is 11.0. The lowest BCUT2D eigenvalue weighted by molar-refractivity contribution is -0.124. The summed E-state index contributed by atoms with van der Waals surface area (Å²) in [6.45, 7) is 2.01. The summed E-state index contributed by atoms with van der Waals surface area (Å²) in [7, 11) is -3.66. The molecule has 0 saturated heterocycles. The summed E-state index contributed by atoms with van der Waals surface area (Å²) < 4.78 is 26.3. The number of hydrogen-bond acceptors (Lipinski definition) is 5. The fourth-order valence-electron chi connectivity index (χ4n) is 1.72. The standard InChI is InChI=1S/C14H22N4O4S/c1-2-4-13(19)16-10-14(20)18-11-5-3-6-12(9-11)23(21,22)17-8-7-15/h3,5-6,9,17H,2,4,7-8,10,15H2,1H3,(H,16,19)(H,18,20). The molecule has 0 radical (unpaired) electrons. The Bertz CT molecular complexity index is 646. The number of rotatable bonds is 9. The maximum atomic E-state index is 12.0. The number of anilines is 1. The molecule has 0 aliphatic carbocycles. The van der Waals surface area contributed by atoms with Crippen molar-refractivity contribution in [1.82, 2.24) is 10.0 Å². The molecule has 0 aromatic heterocycles. The van der Waals surface area contributed by atoms with Crippen molar-refractivity contribution < 1.29 is 18.0 Å². The highest BCUT2D eigenvalue weighted by molar-refractivity contribution is 7.89. The number of nitrogens with one attached hydrogen (secondary N) is 3. The van der Waals surface area contributed by atoms with E-state index in [9.17, 15) is 18.0 Å². The van der Waals surface area contributed by atoms with Crippen molar-refractivity contribution in [2.24, 2.45) is 5.73 Å². The lowest BCUT2D eigenvalue weighted by atomic mass is 10.3. The smallest absolute Gasteiger partial charge is 0.243 e. The third-order valence-corrected chi connectivity index (χ3v) is 4.25. The first-order valence-electron chi connectivity index (χ1n) is 7.25. The van der Waals surface area contributed by atoms with Crippen LogP contribution < -0.4 is 21.1 Å². The van der Waals surface area contributed by atoms with E-state index in [-0.39, 0.29) is 30.4 Å². The SMILES string of the molecule is CCCC(=O)NCC(=O)Nc1cccc(S(=O)(=O)NCCN)c1. The van der Waals surface area contributed by atoms with Crippen molar-refractivity contribution in [3.8, 4) is 0 Å². The summed E-state index contributed by atoms with van der Waals surface area (Å²) in [6, 6.07) is 5.83. The van der Waals surface area contributed by atoms with Gasteiger partial charge in [0, 0.05) is 25.2 Å². The van der Waals surface area contributed by atoms with E-state index in [2.05, 4.69) is 15.4 Å². The Balaban J connectivity index is 2.66. The van der Waals surface area contributed by atoms with Gasteiger partial charge in [0.2, 0.25) is 21.8 Å². The summed E-state index contributed by atoms with van der Waals surface area (Å²) in [4.78, 5) is 23.1. The first kappa shape index (κ1) is 19.1. The molecule has 0 atom stereocenters. The summed E-state index contributed by atoms with van der Waals surface area (Å²) in [5, 5.41) is 5.02. The van der Waals surface area contributed by atoms with Gasteiger partial charge in [0.25, 0.3) is 0 Å². The van der Waals surface area contributed by atoms with Crippen molar-refractivity contribution in [2.45, 2.75) is 24.7 Å². The van der Waals surface area contributed by atoms with Gasteiger partial charge in [-0.3, -0.25) is 9.59 Å². The molecule has 1 rings (SSSR count). The lowest BCUT2D eigenvalue weighted by Gasteiger charge is -2.09. The third kappa shape index (κ3) is 6.76. The van der Waals surface area contributed by atoms with Crippen LogP contribution in [0.4, 0.5) is 5.69 Å². The Labute approximate surface area is 135 Å². The van der Waals surface area contributed by atoms with Crippen LogP contribution in [-0.4, -0.2) is 39.9 Å². The minimum Gasteiger partial charge on any atom is -0.347 e. The quantitative estimate of drug-likeness (QED) is 0.493. The van der Waals surface area contributed by atoms with Crippen molar-refractivity contribution >= 4 is 27.5 Å². The summed E-state index contributed by atoms with van der Waals surface area (Å²) >= 11 is 0. The van der Waals surface area contributed by atoms with E-state index in [1.54, 1.807) is 6.07 Å². The van der Waals surface area contributed by atoms with E-state index in [1.165, 1.54) is 18.2 Å². The van der Waals surface area contributed by atoms with Crippen LogP contribution in [0.2, 0.25) is 0 Å². The largest absolute Gasteiger partial charge is 0.347 e. The third-order valence-electron chi connectivity index (χ3n) is 2.79. The van der Waals surface area contributed by atoms with Crippen LogP contribution in [0.1, 0.15) is 19.8 Å². The van der Waals surface area contributed by atoms with Gasteiger partial charge in [0.05, 0.1) is 11.4 Å². The maximum absolute atomic E-state index is 12.0. The Morgan fingerprint density at radius 2 is 1.96 bits per heavy atom. The first-order valence-corrected chi connectivity index (χ1v) is 8.73. The predicted octanol–water partition coefficient (Wildman–Crippen LogP) is -0.222. The zero-order valence-corrected chi connectivity index (χ0v) is 13.8. The molecule has 23 heavy (non-hydrogen) atoms. The number of sulfonamides is 1. The van der Waals surface area contributed by atoms with Gasteiger partial charge in [0.1, 0.15) is 0 Å². The van der Waals surface area contributed by atoms with E-state index in [4.69, 9.17) is 5.73 Å². The lowest BCUT2D eigenvalue weighted by Crippen LogP contribution is -2.32. The summed E-state index contributed by atoms with van der Waals surface area (Å²) in [5.41, 5.74) is 5.60. The summed E-state index contributed by atoms with van der Waals surface area (Å²) in [5.74, 6) is -0.635. The number of carbonyl (C=O) groups is 2. The molecular weight excluding hydrogens is 320 g/mol. The maximum Gasteiger partial charge on any atom is 0.243 e. The molecule has 2 amide bonds. The molecule has 1 aromatic rings. The molecule has 9 heteroatoms. The highest BCUT2D eigenvalue weighted by Crippen LogP contribution is 2.15. The fourth-order valence-corrected chi connectivity index (χ4v) is 2.81. The number of carbonyl (C=O) groups excluding carboxylic acids is 2. The first-order chi connectivity index (χ1) is 10.9. The van der Waals surface area contributed by atoms with Crippen molar-refractivity contribution in [3.05, 3.63) is 24.3 Å². The Kier molecular flexibility index (Phi) is 7.66. The highest BCUT2D eigenvalue weighted by Gasteiger charge is 2.14. The van der Waals surface area contributed by atoms with Gasteiger partial charge < -0.3 is 16.4 Å². The fraction of sp³-hybridized carbons (Fsp3) is 0.429. The van der Waals surface area contributed by atoms with Gasteiger partial charge in [-0.15, -0.1) is 0 Å². The number of amides is 2. The average Bonchev–Trinajstić information content (AvgIpc) is 2.51. The molecule has 8 nitrogen and oxygen atoms in total. The highest BCUT2D eigenvalue weighted by atomic mass is 32.2. The molecule has 0 fully saturated rings. The molecular formula is C14H22N4O4S. The Morgan fingerprint density at radius 3 is 2.61 bits per heavy atom. The molecule has 0 spiro atoms. The molecule has 0 saturated carbocycles. The van der Waals surface area contributed by atoms with Crippen molar-refractivity contribution in [3.63, 3.8) is 0 Å². The van der Waals surface area contributed by atoms with Crippen molar-refractivity contribution in [1.29, 1.82) is 0 Å². The van der Waals surface area contributed by atoms with Crippen LogP contribution in [0.3, 0.4) is 0 Å².